The second kappa shape index (κ2) is 8.94. The topological polar surface area (TPSA) is 85.9 Å². The number of benzene rings is 2. The SMILES string of the molecule is CCNC(=O)Oc1c(C)c(OCC)c(OC(=O)NCC)c2ccccc12. The average molecular weight is 360 g/mol. The van der Waals surface area contributed by atoms with E-state index in [0.717, 1.165) is 0 Å². The fourth-order valence-electron chi connectivity index (χ4n) is 2.57. The number of carbonyl (C=O) groups is 2. The van der Waals surface area contributed by atoms with Gasteiger partial charge in [-0.1, -0.05) is 24.3 Å². The molecule has 0 aliphatic rings. The molecule has 0 fully saturated rings. The molecular formula is C19H24N2O5. The zero-order valence-electron chi connectivity index (χ0n) is 15.5. The van der Waals surface area contributed by atoms with Crippen molar-refractivity contribution in [3.05, 3.63) is 29.8 Å². The summed E-state index contributed by atoms with van der Waals surface area (Å²) in [7, 11) is 0. The maximum atomic E-state index is 12.0. The maximum absolute atomic E-state index is 12.0. The summed E-state index contributed by atoms with van der Waals surface area (Å²) in [5.41, 5.74) is 0.580. The van der Waals surface area contributed by atoms with Gasteiger partial charge in [0.1, 0.15) is 5.75 Å². The molecule has 0 saturated carbocycles. The van der Waals surface area contributed by atoms with Crippen LogP contribution in [0.25, 0.3) is 10.8 Å². The van der Waals surface area contributed by atoms with Crippen LogP contribution < -0.4 is 24.8 Å². The Labute approximate surface area is 152 Å². The maximum Gasteiger partial charge on any atom is 0.412 e. The molecule has 0 atom stereocenters. The number of hydrogen-bond acceptors (Lipinski definition) is 5. The Balaban J connectivity index is 2.65. The number of fused-ring (bicyclic) bond motifs is 1. The fraction of sp³-hybridized carbons (Fsp3) is 0.368. The lowest BCUT2D eigenvalue weighted by atomic mass is 10.0. The van der Waals surface area contributed by atoms with Crippen LogP contribution in [0.1, 0.15) is 26.3 Å². The van der Waals surface area contributed by atoms with E-state index in [4.69, 9.17) is 14.2 Å². The zero-order chi connectivity index (χ0) is 19.1. The minimum absolute atomic E-state index is 0.300. The van der Waals surface area contributed by atoms with Crippen LogP contribution in [0.3, 0.4) is 0 Å². The van der Waals surface area contributed by atoms with Crippen LogP contribution in [-0.4, -0.2) is 31.9 Å². The molecule has 0 aliphatic heterocycles. The molecule has 140 valence electrons. The van der Waals surface area contributed by atoms with Crippen LogP contribution >= 0.6 is 0 Å². The van der Waals surface area contributed by atoms with Gasteiger partial charge in [-0.05, 0) is 27.7 Å². The molecule has 0 bridgehead atoms. The molecule has 2 N–H and O–H groups in total. The molecule has 0 spiro atoms. The van der Waals surface area contributed by atoms with Crippen LogP contribution in [0.2, 0.25) is 0 Å². The van der Waals surface area contributed by atoms with Crippen LogP contribution in [0.15, 0.2) is 24.3 Å². The summed E-state index contributed by atoms with van der Waals surface area (Å²) in [6, 6.07) is 7.23. The van der Waals surface area contributed by atoms with Crippen molar-refractivity contribution in [2.75, 3.05) is 19.7 Å². The third-order valence-electron chi connectivity index (χ3n) is 3.62. The molecule has 0 heterocycles. The molecule has 7 nitrogen and oxygen atoms in total. The molecule has 2 rings (SSSR count). The predicted molar refractivity (Wildman–Crippen MR) is 99.3 cm³/mol. The van der Waals surface area contributed by atoms with E-state index < -0.39 is 12.2 Å². The highest BCUT2D eigenvalue weighted by Gasteiger charge is 2.23. The highest BCUT2D eigenvalue weighted by molar-refractivity contribution is 5.99. The lowest BCUT2D eigenvalue weighted by Crippen LogP contribution is -2.27. The van der Waals surface area contributed by atoms with Crippen molar-refractivity contribution in [1.29, 1.82) is 0 Å². The highest BCUT2D eigenvalue weighted by atomic mass is 16.6. The van der Waals surface area contributed by atoms with Gasteiger partial charge in [-0.25, -0.2) is 9.59 Å². The van der Waals surface area contributed by atoms with E-state index in [1.54, 1.807) is 32.9 Å². The van der Waals surface area contributed by atoms with E-state index in [1.807, 2.05) is 19.1 Å². The minimum Gasteiger partial charge on any atom is -0.490 e. The highest BCUT2D eigenvalue weighted by Crippen LogP contribution is 2.45. The number of rotatable bonds is 6. The Morgan fingerprint density at radius 3 is 1.85 bits per heavy atom. The van der Waals surface area contributed by atoms with Crippen molar-refractivity contribution < 1.29 is 23.8 Å². The van der Waals surface area contributed by atoms with E-state index in [9.17, 15) is 9.59 Å². The van der Waals surface area contributed by atoms with E-state index in [0.29, 0.717) is 53.3 Å². The molecule has 0 saturated heterocycles. The first-order chi connectivity index (χ1) is 12.5. The van der Waals surface area contributed by atoms with Gasteiger partial charge in [0.2, 0.25) is 0 Å². The molecule has 7 heteroatoms. The average Bonchev–Trinajstić information content (AvgIpc) is 2.62. The first-order valence-electron chi connectivity index (χ1n) is 8.62. The number of nitrogens with one attached hydrogen (secondary N) is 2. The number of ether oxygens (including phenoxy) is 3. The fourth-order valence-corrected chi connectivity index (χ4v) is 2.57. The van der Waals surface area contributed by atoms with E-state index in [-0.39, 0.29) is 0 Å². The lowest BCUT2D eigenvalue weighted by Gasteiger charge is -2.19. The molecule has 2 amide bonds. The van der Waals surface area contributed by atoms with Gasteiger partial charge in [-0.3, -0.25) is 0 Å². The quantitative estimate of drug-likeness (QED) is 0.819. The summed E-state index contributed by atoms with van der Waals surface area (Å²) in [6.07, 6.45) is -1.13. The van der Waals surface area contributed by atoms with Crippen LogP contribution in [0, 0.1) is 6.92 Å². The van der Waals surface area contributed by atoms with Gasteiger partial charge in [-0.2, -0.15) is 0 Å². The molecule has 0 aliphatic carbocycles. The predicted octanol–water partition coefficient (Wildman–Crippen LogP) is 3.76. The van der Waals surface area contributed by atoms with Crippen molar-refractivity contribution in [2.24, 2.45) is 0 Å². The normalized spacial score (nSPS) is 10.3. The molecule has 26 heavy (non-hydrogen) atoms. The Hall–Kier alpha value is -2.96. The molecule has 2 aromatic carbocycles. The number of hydrogen-bond donors (Lipinski definition) is 2. The smallest absolute Gasteiger partial charge is 0.412 e. The molecule has 0 radical (unpaired) electrons. The Morgan fingerprint density at radius 1 is 0.846 bits per heavy atom. The molecule has 0 unspecified atom stereocenters. The monoisotopic (exact) mass is 360 g/mol. The first-order valence-corrected chi connectivity index (χ1v) is 8.62. The Morgan fingerprint density at radius 2 is 1.35 bits per heavy atom. The summed E-state index contributed by atoms with van der Waals surface area (Å²) in [5, 5.41) is 6.47. The van der Waals surface area contributed by atoms with Crippen LogP contribution in [0.5, 0.6) is 17.2 Å². The van der Waals surface area contributed by atoms with Crippen molar-refractivity contribution in [1.82, 2.24) is 10.6 Å². The second-order valence-corrected chi connectivity index (χ2v) is 5.43. The van der Waals surface area contributed by atoms with Gasteiger partial charge in [0.05, 0.1) is 6.61 Å². The largest absolute Gasteiger partial charge is 0.490 e. The minimum atomic E-state index is -0.574. The Bertz CT molecular complexity index is 804. The van der Waals surface area contributed by atoms with Crippen LogP contribution in [0.4, 0.5) is 9.59 Å². The second-order valence-electron chi connectivity index (χ2n) is 5.43. The molecular weight excluding hydrogens is 336 g/mol. The van der Waals surface area contributed by atoms with Gasteiger partial charge < -0.3 is 24.8 Å². The van der Waals surface area contributed by atoms with Gasteiger partial charge in [0.15, 0.2) is 11.5 Å². The lowest BCUT2D eigenvalue weighted by molar-refractivity contribution is 0.196. The summed E-state index contributed by atoms with van der Waals surface area (Å²) in [6.45, 7) is 8.46. The molecule has 2 aromatic rings. The van der Waals surface area contributed by atoms with Crippen molar-refractivity contribution in [3.8, 4) is 17.2 Å². The third kappa shape index (κ3) is 4.17. The van der Waals surface area contributed by atoms with E-state index in [2.05, 4.69) is 10.6 Å². The summed E-state index contributed by atoms with van der Waals surface area (Å²) >= 11 is 0. The van der Waals surface area contributed by atoms with Crippen molar-refractivity contribution in [2.45, 2.75) is 27.7 Å². The number of amides is 2. The van der Waals surface area contributed by atoms with Crippen molar-refractivity contribution >= 4 is 23.0 Å². The first kappa shape index (κ1) is 19.4. The van der Waals surface area contributed by atoms with Gasteiger partial charge in [0.25, 0.3) is 0 Å². The summed E-state index contributed by atoms with van der Waals surface area (Å²) in [4.78, 5) is 23.9. The summed E-state index contributed by atoms with van der Waals surface area (Å²) in [5.74, 6) is 1.05. The zero-order valence-corrected chi connectivity index (χ0v) is 15.5. The van der Waals surface area contributed by atoms with Crippen molar-refractivity contribution in [3.63, 3.8) is 0 Å². The van der Waals surface area contributed by atoms with Gasteiger partial charge in [-0.15, -0.1) is 0 Å². The Kier molecular flexibility index (Phi) is 6.66. The number of carbonyl (C=O) groups excluding carboxylic acids is 2. The van der Waals surface area contributed by atoms with Gasteiger partial charge >= 0.3 is 12.2 Å². The van der Waals surface area contributed by atoms with Gasteiger partial charge in [0, 0.05) is 29.4 Å². The van der Waals surface area contributed by atoms with E-state index in [1.165, 1.54) is 0 Å². The summed E-state index contributed by atoms with van der Waals surface area (Å²) < 4.78 is 16.7. The van der Waals surface area contributed by atoms with E-state index >= 15 is 0 Å². The molecule has 0 aromatic heterocycles. The standard InChI is InChI=1S/C19H24N2O5/c1-5-20-18(22)25-15-12(4)16(24-7-3)17(26-19(23)21-6-2)14-11-9-8-10-13(14)15/h8-11H,5-7H2,1-4H3,(H,20,22)(H,21,23). The van der Waals surface area contributed by atoms with Crippen LogP contribution in [-0.2, 0) is 0 Å². The third-order valence-corrected chi connectivity index (χ3v) is 3.62.